The van der Waals surface area contributed by atoms with Gasteiger partial charge in [-0.2, -0.15) is 0 Å². The van der Waals surface area contributed by atoms with Gasteiger partial charge in [0.05, 0.1) is 6.04 Å². The first-order valence-electron chi connectivity index (χ1n) is 7.03. The molecule has 2 rings (SSSR count). The largest absolute Gasteiger partial charge is 0.453 e. The Bertz CT molecular complexity index is 386. The van der Waals surface area contributed by atoms with E-state index in [9.17, 15) is 0 Å². The standard InChI is InChI=1S/C15H24BrNO/c1-4-10-17-14(12-7-8-13(16)18-12)11-6-5-9-15(11,2)3/h7-8,11,14,17H,4-6,9-10H2,1-3H3. The van der Waals surface area contributed by atoms with Crippen molar-refractivity contribution in [2.24, 2.45) is 11.3 Å². The quantitative estimate of drug-likeness (QED) is 0.835. The van der Waals surface area contributed by atoms with Crippen LogP contribution >= 0.6 is 15.9 Å². The van der Waals surface area contributed by atoms with E-state index in [4.69, 9.17) is 4.42 Å². The summed E-state index contributed by atoms with van der Waals surface area (Å²) in [6.45, 7) is 8.05. The van der Waals surface area contributed by atoms with E-state index < -0.39 is 0 Å². The highest BCUT2D eigenvalue weighted by atomic mass is 79.9. The Labute approximate surface area is 119 Å². The third-order valence-electron chi connectivity index (χ3n) is 4.26. The van der Waals surface area contributed by atoms with E-state index in [0.717, 1.165) is 23.4 Å². The van der Waals surface area contributed by atoms with Crippen molar-refractivity contribution >= 4 is 15.9 Å². The Hall–Kier alpha value is -0.280. The molecule has 0 spiro atoms. The fourth-order valence-corrected chi connectivity index (χ4v) is 3.53. The van der Waals surface area contributed by atoms with Crippen molar-refractivity contribution in [3.8, 4) is 0 Å². The Balaban J connectivity index is 2.19. The molecular formula is C15H24BrNO. The predicted octanol–water partition coefficient (Wildman–Crippen LogP) is 4.91. The van der Waals surface area contributed by atoms with Gasteiger partial charge < -0.3 is 9.73 Å². The van der Waals surface area contributed by atoms with Gasteiger partial charge in [0, 0.05) is 0 Å². The van der Waals surface area contributed by atoms with E-state index in [-0.39, 0.29) is 0 Å². The number of hydrogen-bond donors (Lipinski definition) is 1. The van der Waals surface area contributed by atoms with Gasteiger partial charge in [0.25, 0.3) is 0 Å². The molecule has 1 fully saturated rings. The summed E-state index contributed by atoms with van der Waals surface area (Å²) >= 11 is 3.41. The second-order valence-corrected chi connectivity index (χ2v) is 6.84. The van der Waals surface area contributed by atoms with Crippen LogP contribution in [0.1, 0.15) is 58.3 Å². The fraction of sp³-hybridized carbons (Fsp3) is 0.733. The van der Waals surface area contributed by atoms with Crippen LogP contribution in [0.4, 0.5) is 0 Å². The van der Waals surface area contributed by atoms with Crippen molar-refractivity contribution < 1.29 is 4.42 Å². The minimum absolute atomic E-state index is 0.355. The summed E-state index contributed by atoms with van der Waals surface area (Å²) < 4.78 is 6.63. The van der Waals surface area contributed by atoms with Crippen molar-refractivity contribution in [1.29, 1.82) is 0 Å². The lowest BCUT2D eigenvalue weighted by molar-refractivity contribution is 0.179. The van der Waals surface area contributed by atoms with Crippen LogP contribution in [-0.2, 0) is 0 Å². The third kappa shape index (κ3) is 3.00. The molecule has 2 atom stereocenters. The van der Waals surface area contributed by atoms with Crippen molar-refractivity contribution in [2.45, 2.75) is 52.5 Å². The molecule has 0 radical (unpaired) electrons. The molecule has 1 N–H and O–H groups in total. The molecule has 2 unspecified atom stereocenters. The van der Waals surface area contributed by atoms with Gasteiger partial charge >= 0.3 is 0 Å². The molecule has 0 amide bonds. The molecule has 0 saturated heterocycles. The van der Waals surface area contributed by atoms with E-state index in [1.54, 1.807) is 0 Å². The first-order valence-corrected chi connectivity index (χ1v) is 7.82. The minimum atomic E-state index is 0.355. The molecular weight excluding hydrogens is 290 g/mol. The lowest BCUT2D eigenvalue weighted by Gasteiger charge is -2.33. The molecule has 1 heterocycles. The molecule has 0 bridgehead atoms. The van der Waals surface area contributed by atoms with Gasteiger partial charge in [0.2, 0.25) is 0 Å². The normalized spacial score (nSPS) is 24.3. The summed E-state index contributed by atoms with van der Waals surface area (Å²) in [6.07, 6.45) is 5.12. The second-order valence-electron chi connectivity index (χ2n) is 6.06. The maximum atomic E-state index is 5.80. The van der Waals surface area contributed by atoms with Gasteiger partial charge in [-0.15, -0.1) is 0 Å². The molecule has 1 aromatic rings. The number of nitrogens with one attached hydrogen (secondary N) is 1. The summed E-state index contributed by atoms with van der Waals surface area (Å²) in [7, 11) is 0. The summed E-state index contributed by atoms with van der Waals surface area (Å²) in [5.74, 6) is 1.75. The zero-order valence-corrected chi connectivity index (χ0v) is 13.2. The van der Waals surface area contributed by atoms with E-state index in [1.165, 1.54) is 19.3 Å². The van der Waals surface area contributed by atoms with Gasteiger partial charge in [0.15, 0.2) is 4.67 Å². The van der Waals surface area contributed by atoms with Crippen LogP contribution in [0.3, 0.4) is 0 Å². The summed E-state index contributed by atoms with van der Waals surface area (Å²) in [5.41, 5.74) is 0.407. The van der Waals surface area contributed by atoms with Crippen LogP contribution in [0.15, 0.2) is 21.2 Å². The van der Waals surface area contributed by atoms with Crippen molar-refractivity contribution in [1.82, 2.24) is 5.32 Å². The molecule has 3 heteroatoms. The Kier molecular flexibility index (Phi) is 4.54. The van der Waals surface area contributed by atoms with Crippen molar-refractivity contribution in [3.05, 3.63) is 22.6 Å². The van der Waals surface area contributed by atoms with E-state index in [2.05, 4.69) is 48.1 Å². The molecule has 18 heavy (non-hydrogen) atoms. The highest BCUT2D eigenvalue weighted by Crippen LogP contribution is 2.49. The average Bonchev–Trinajstić information content (AvgIpc) is 2.87. The van der Waals surface area contributed by atoms with E-state index in [0.29, 0.717) is 17.4 Å². The van der Waals surface area contributed by atoms with Gasteiger partial charge in [-0.1, -0.05) is 27.2 Å². The van der Waals surface area contributed by atoms with Crippen LogP contribution in [0.5, 0.6) is 0 Å². The Morgan fingerprint density at radius 2 is 2.28 bits per heavy atom. The monoisotopic (exact) mass is 313 g/mol. The van der Waals surface area contributed by atoms with Gasteiger partial charge in [-0.25, -0.2) is 0 Å². The molecule has 102 valence electrons. The lowest BCUT2D eigenvalue weighted by atomic mass is 9.76. The van der Waals surface area contributed by atoms with Crippen LogP contribution in [-0.4, -0.2) is 6.54 Å². The van der Waals surface area contributed by atoms with Crippen LogP contribution < -0.4 is 5.32 Å². The molecule has 0 aromatic carbocycles. The Morgan fingerprint density at radius 3 is 2.78 bits per heavy atom. The smallest absolute Gasteiger partial charge is 0.169 e. The maximum Gasteiger partial charge on any atom is 0.169 e. The van der Waals surface area contributed by atoms with Gasteiger partial charge in [0.1, 0.15) is 5.76 Å². The van der Waals surface area contributed by atoms with Crippen LogP contribution in [0, 0.1) is 11.3 Å². The number of rotatable bonds is 5. The van der Waals surface area contributed by atoms with Crippen molar-refractivity contribution in [3.63, 3.8) is 0 Å². The highest BCUT2D eigenvalue weighted by Gasteiger charge is 2.40. The Morgan fingerprint density at radius 1 is 1.50 bits per heavy atom. The summed E-state index contributed by atoms with van der Waals surface area (Å²) in [6, 6.07) is 4.46. The zero-order valence-electron chi connectivity index (χ0n) is 11.6. The summed E-state index contributed by atoms with van der Waals surface area (Å²) in [5, 5.41) is 3.68. The molecule has 1 saturated carbocycles. The highest BCUT2D eigenvalue weighted by molar-refractivity contribution is 9.10. The van der Waals surface area contributed by atoms with Gasteiger partial charge in [-0.05, 0) is 65.2 Å². The predicted molar refractivity (Wildman–Crippen MR) is 78.6 cm³/mol. The topological polar surface area (TPSA) is 25.2 Å². The van der Waals surface area contributed by atoms with E-state index in [1.807, 2.05) is 6.07 Å². The zero-order chi connectivity index (χ0) is 13.2. The minimum Gasteiger partial charge on any atom is -0.453 e. The fourth-order valence-electron chi connectivity index (χ4n) is 3.21. The second kappa shape index (κ2) is 5.79. The lowest BCUT2D eigenvalue weighted by Crippen LogP contribution is -2.34. The number of furan rings is 1. The molecule has 1 aromatic heterocycles. The maximum absolute atomic E-state index is 5.80. The number of halogens is 1. The summed E-state index contributed by atoms with van der Waals surface area (Å²) in [4.78, 5) is 0. The third-order valence-corrected chi connectivity index (χ3v) is 4.68. The SMILES string of the molecule is CCCNC(c1ccc(Br)o1)C1CCCC1(C)C. The van der Waals surface area contributed by atoms with E-state index >= 15 is 0 Å². The first-order chi connectivity index (χ1) is 8.54. The average molecular weight is 314 g/mol. The molecule has 1 aliphatic rings. The van der Waals surface area contributed by atoms with Crippen LogP contribution in [0.25, 0.3) is 0 Å². The molecule has 1 aliphatic carbocycles. The number of hydrogen-bond acceptors (Lipinski definition) is 2. The van der Waals surface area contributed by atoms with Crippen LogP contribution in [0.2, 0.25) is 0 Å². The molecule has 0 aliphatic heterocycles. The van der Waals surface area contributed by atoms with Crippen molar-refractivity contribution in [2.75, 3.05) is 6.54 Å². The first kappa shape index (κ1) is 14.1. The van der Waals surface area contributed by atoms with Gasteiger partial charge in [-0.3, -0.25) is 0 Å². The molecule has 2 nitrogen and oxygen atoms in total.